The van der Waals surface area contributed by atoms with Gasteiger partial charge in [0.25, 0.3) is 5.91 Å². The van der Waals surface area contributed by atoms with Gasteiger partial charge in [0.1, 0.15) is 11.6 Å². The van der Waals surface area contributed by atoms with Crippen molar-refractivity contribution in [3.05, 3.63) is 50.2 Å². The Morgan fingerprint density at radius 1 is 1.33 bits per heavy atom. The third-order valence-corrected chi connectivity index (χ3v) is 4.35. The average molecular weight is 417 g/mol. The van der Waals surface area contributed by atoms with E-state index in [1.807, 2.05) is 19.9 Å². The lowest BCUT2D eigenvalue weighted by molar-refractivity contribution is -0.118. The van der Waals surface area contributed by atoms with Crippen LogP contribution in [0.25, 0.3) is 0 Å². The number of hydrogen-bond donors (Lipinski definition) is 1. The molecule has 4 nitrogen and oxygen atoms in total. The highest BCUT2D eigenvalue weighted by molar-refractivity contribution is 14.1. The molecule has 1 heterocycles. The van der Waals surface area contributed by atoms with Gasteiger partial charge in [0, 0.05) is 8.59 Å². The highest BCUT2D eigenvalue weighted by Gasteiger charge is 2.06. The van der Waals surface area contributed by atoms with Crippen molar-refractivity contribution in [3.63, 3.8) is 0 Å². The summed E-state index contributed by atoms with van der Waals surface area (Å²) in [6, 6.07) is 8.94. The number of pyridine rings is 1. The fourth-order valence-corrected chi connectivity index (χ4v) is 2.07. The Bertz CT molecular complexity index is 677. The molecule has 110 valence electrons. The van der Waals surface area contributed by atoms with E-state index in [9.17, 15) is 4.79 Å². The Kier molecular flexibility index (Phi) is 5.41. The van der Waals surface area contributed by atoms with Crippen molar-refractivity contribution in [2.45, 2.75) is 13.8 Å². The number of amides is 1. The second kappa shape index (κ2) is 7.09. The molecule has 0 spiro atoms. The van der Waals surface area contributed by atoms with E-state index in [4.69, 9.17) is 16.3 Å². The lowest BCUT2D eigenvalue weighted by Crippen LogP contribution is -2.21. The van der Waals surface area contributed by atoms with Crippen LogP contribution in [0.5, 0.6) is 5.75 Å². The maximum atomic E-state index is 11.8. The number of nitrogens with zero attached hydrogens (tertiary/aromatic N) is 1. The van der Waals surface area contributed by atoms with Crippen molar-refractivity contribution in [2.24, 2.45) is 0 Å². The summed E-state index contributed by atoms with van der Waals surface area (Å²) in [6.07, 6.45) is 0. The summed E-state index contributed by atoms with van der Waals surface area (Å²) in [5.74, 6) is 0.878. The molecule has 0 saturated carbocycles. The standard InChI is InChI=1S/C15H14ClIN2O2/c1-9-7-11(3-4-12(9)16)21-8-15(20)19-14-6-5-13(17)10(2)18-14/h3-7H,8H2,1-2H3,(H,18,19,20). The summed E-state index contributed by atoms with van der Waals surface area (Å²) < 4.78 is 6.48. The number of aromatic nitrogens is 1. The van der Waals surface area contributed by atoms with Gasteiger partial charge in [0.2, 0.25) is 0 Å². The van der Waals surface area contributed by atoms with Crippen molar-refractivity contribution in [3.8, 4) is 5.75 Å². The molecule has 0 unspecified atom stereocenters. The maximum absolute atomic E-state index is 11.8. The zero-order chi connectivity index (χ0) is 15.4. The third kappa shape index (κ3) is 4.57. The predicted octanol–water partition coefficient (Wildman–Crippen LogP) is 3.97. The minimum atomic E-state index is -0.254. The molecule has 2 rings (SSSR count). The number of anilines is 1. The number of carbonyl (C=O) groups is 1. The average Bonchev–Trinajstić information content (AvgIpc) is 2.44. The fraction of sp³-hybridized carbons (Fsp3) is 0.200. The molecule has 1 N–H and O–H groups in total. The Morgan fingerprint density at radius 2 is 2.10 bits per heavy atom. The molecule has 0 aliphatic rings. The smallest absolute Gasteiger partial charge is 0.263 e. The van der Waals surface area contributed by atoms with Crippen LogP contribution in [-0.4, -0.2) is 17.5 Å². The van der Waals surface area contributed by atoms with Crippen LogP contribution < -0.4 is 10.1 Å². The molecule has 1 aromatic carbocycles. The van der Waals surface area contributed by atoms with Gasteiger partial charge in [-0.1, -0.05) is 11.6 Å². The normalized spacial score (nSPS) is 10.3. The van der Waals surface area contributed by atoms with Crippen LogP contribution in [0.1, 0.15) is 11.3 Å². The summed E-state index contributed by atoms with van der Waals surface area (Å²) in [5, 5.41) is 3.37. The van der Waals surface area contributed by atoms with Gasteiger partial charge in [0.05, 0.1) is 5.69 Å². The molecule has 0 saturated heterocycles. The van der Waals surface area contributed by atoms with E-state index in [0.29, 0.717) is 16.6 Å². The molecule has 1 amide bonds. The van der Waals surface area contributed by atoms with Gasteiger partial charge < -0.3 is 10.1 Å². The Labute approximate surface area is 142 Å². The molecule has 0 bridgehead atoms. The number of ether oxygens (including phenoxy) is 1. The molecule has 1 aromatic heterocycles. The number of rotatable bonds is 4. The summed E-state index contributed by atoms with van der Waals surface area (Å²) in [7, 11) is 0. The summed E-state index contributed by atoms with van der Waals surface area (Å²) in [6.45, 7) is 3.70. The molecule has 0 atom stereocenters. The maximum Gasteiger partial charge on any atom is 0.263 e. The van der Waals surface area contributed by atoms with E-state index in [2.05, 4.69) is 32.9 Å². The first kappa shape index (κ1) is 16.0. The van der Waals surface area contributed by atoms with Crippen LogP contribution >= 0.6 is 34.2 Å². The summed E-state index contributed by atoms with van der Waals surface area (Å²) in [4.78, 5) is 16.1. The van der Waals surface area contributed by atoms with Crippen LogP contribution in [0.4, 0.5) is 5.82 Å². The van der Waals surface area contributed by atoms with E-state index in [1.165, 1.54) is 0 Å². The highest BCUT2D eigenvalue weighted by atomic mass is 127. The van der Waals surface area contributed by atoms with Gasteiger partial charge in [-0.3, -0.25) is 4.79 Å². The quantitative estimate of drug-likeness (QED) is 0.767. The van der Waals surface area contributed by atoms with Gasteiger partial charge in [-0.15, -0.1) is 0 Å². The first-order valence-corrected chi connectivity index (χ1v) is 7.73. The van der Waals surface area contributed by atoms with Gasteiger partial charge in [-0.05, 0) is 72.3 Å². The lowest BCUT2D eigenvalue weighted by Gasteiger charge is -2.09. The van der Waals surface area contributed by atoms with Crippen LogP contribution in [0.2, 0.25) is 5.02 Å². The number of benzene rings is 1. The van der Waals surface area contributed by atoms with Crippen molar-refractivity contribution in [2.75, 3.05) is 11.9 Å². The fourth-order valence-electron chi connectivity index (χ4n) is 1.65. The molecule has 0 fully saturated rings. The van der Waals surface area contributed by atoms with Crippen LogP contribution in [0.15, 0.2) is 30.3 Å². The monoisotopic (exact) mass is 416 g/mol. The Balaban J connectivity index is 1.92. The van der Waals surface area contributed by atoms with Gasteiger partial charge >= 0.3 is 0 Å². The molecule has 6 heteroatoms. The van der Waals surface area contributed by atoms with Gasteiger partial charge in [0.15, 0.2) is 6.61 Å². The first-order chi connectivity index (χ1) is 9.95. The molecular formula is C15H14ClIN2O2. The predicted molar refractivity (Wildman–Crippen MR) is 92.0 cm³/mol. The van der Waals surface area contributed by atoms with Crippen molar-refractivity contribution in [1.29, 1.82) is 0 Å². The first-order valence-electron chi connectivity index (χ1n) is 6.27. The molecular weight excluding hydrogens is 403 g/mol. The van der Waals surface area contributed by atoms with Gasteiger partial charge in [-0.25, -0.2) is 4.98 Å². The second-order valence-electron chi connectivity index (χ2n) is 4.51. The zero-order valence-corrected chi connectivity index (χ0v) is 14.5. The molecule has 2 aromatic rings. The molecule has 0 aliphatic heterocycles. The Hall–Kier alpha value is -1.34. The largest absolute Gasteiger partial charge is 0.484 e. The SMILES string of the molecule is Cc1cc(OCC(=O)Nc2ccc(I)c(C)n2)ccc1Cl. The van der Waals surface area contributed by atoms with E-state index in [1.54, 1.807) is 24.3 Å². The zero-order valence-electron chi connectivity index (χ0n) is 11.6. The number of halogens is 2. The van der Waals surface area contributed by atoms with E-state index >= 15 is 0 Å². The Morgan fingerprint density at radius 3 is 2.76 bits per heavy atom. The lowest BCUT2D eigenvalue weighted by atomic mass is 10.2. The van der Waals surface area contributed by atoms with Crippen LogP contribution in [0, 0.1) is 17.4 Å². The van der Waals surface area contributed by atoms with Crippen LogP contribution in [-0.2, 0) is 4.79 Å². The van der Waals surface area contributed by atoms with E-state index < -0.39 is 0 Å². The molecule has 21 heavy (non-hydrogen) atoms. The minimum absolute atomic E-state index is 0.0756. The number of nitrogens with one attached hydrogen (secondary N) is 1. The number of aryl methyl sites for hydroxylation is 2. The molecule has 0 aliphatic carbocycles. The summed E-state index contributed by atoms with van der Waals surface area (Å²) >= 11 is 8.13. The van der Waals surface area contributed by atoms with Crippen LogP contribution in [0.3, 0.4) is 0 Å². The number of carbonyl (C=O) groups excluding carboxylic acids is 1. The van der Waals surface area contributed by atoms with E-state index in [-0.39, 0.29) is 12.5 Å². The van der Waals surface area contributed by atoms with Gasteiger partial charge in [-0.2, -0.15) is 0 Å². The minimum Gasteiger partial charge on any atom is -0.484 e. The van der Waals surface area contributed by atoms with E-state index in [0.717, 1.165) is 14.8 Å². The van der Waals surface area contributed by atoms with Crippen molar-refractivity contribution < 1.29 is 9.53 Å². The topological polar surface area (TPSA) is 51.2 Å². The third-order valence-electron chi connectivity index (χ3n) is 2.79. The molecule has 0 radical (unpaired) electrons. The van der Waals surface area contributed by atoms with Crippen molar-refractivity contribution in [1.82, 2.24) is 4.98 Å². The highest BCUT2D eigenvalue weighted by Crippen LogP contribution is 2.21. The summed E-state index contributed by atoms with van der Waals surface area (Å²) in [5.41, 5.74) is 1.78. The van der Waals surface area contributed by atoms with Crippen molar-refractivity contribution >= 4 is 45.9 Å². The number of hydrogen-bond acceptors (Lipinski definition) is 3. The second-order valence-corrected chi connectivity index (χ2v) is 6.08.